The van der Waals surface area contributed by atoms with Gasteiger partial charge < -0.3 is 10.2 Å². The molecule has 1 N–H and O–H groups in total. The van der Waals surface area contributed by atoms with E-state index in [-0.39, 0.29) is 49.5 Å². The van der Waals surface area contributed by atoms with Gasteiger partial charge in [-0.1, -0.05) is 79.2 Å². The highest BCUT2D eigenvalue weighted by atomic mass is 32.2. The summed E-state index contributed by atoms with van der Waals surface area (Å²) in [6, 6.07) is 22.1. The van der Waals surface area contributed by atoms with Crippen molar-refractivity contribution < 1.29 is 22.4 Å². The first-order chi connectivity index (χ1) is 19.5. The van der Waals surface area contributed by atoms with Crippen LogP contribution in [-0.4, -0.2) is 50.0 Å². The highest BCUT2D eigenvalue weighted by Gasteiger charge is 2.31. The Bertz CT molecular complexity index is 1400. The zero-order chi connectivity index (χ0) is 30.0. The summed E-state index contributed by atoms with van der Waals surface area (Å²) in [7, 11) is -3.79. The number of rotatable bonds is 14. The predicted molar refractivity (Wildman–Crippen MR) is 161 cm³/mol. The van der Waals surface area contributed by atoms with Crippen LogP contribution in [0.25, 0.3) is 0 Å². The van der Waals surface area contributed by atoms with Gasteiger partial charge in [0.05, 0.1) is 11.9 Å². The highest BCUT2D eigenvalue weighted by Crippen LogP contribution is 2.23. The average Bonchev–Trinajstić information content (AvgIpc) is 2.94. The summed E-state index contributed by atoms with van der Waals surface area (Å²) in [5.41, 5.74) is 2.81. The molecule has 2 amide bonds. The number of halogens is 1. The molecule has 0 aliphatic heterocycles. The van der Waals surface area contributed by atoms with E-state index in [0.717, 1.165) is 33.7 Å². The lowest BCUT2D eigenvalue weighted by atomic mass is 10.0. The van der Waals surface area contributed by atoms with Gasteiger partial charge in [-0.05, 0) is 49.9 Å². The standard InChI is InChI=1S/C32H40FN3O4S/c1-5-25(3)34-32(38)30(22-26-12-7-6-8-13-26)35(23-27-19-17-24(2)18-20-27)31(37)16-11-21-36(41(4,39)40)29-15-10-9-14-28(29)33/h6-10,12-15,17-20,25,30H,5,11,16,21-23H2,1-4H3,(H,34,38)/t25-,30-/m1/s1. The summed E-state index contributed by atoms with van der Waals surface area (Å²) in [4.78, 5) is 29.0. The molecule has 3 rings (SSSR count). The van der Waals surface area contributed by atoms with Crippen molar-refractivity contribution in [3.63, 3.8) is 0 Å². The van der Waals surface area contributed by atoms with Gasteiger partial charge in [0.15, 0.2) is 0 Å². The third-order valence-electron chi connectivity index (χ3n) is 7.02. The monoisotopic (exact) mass is 581 g/mol. The number of nitrogens with one attached hydrogen (secondary N) is 1. The number of anilines is 1. The average molecular weight is 582 g/mol. The summed E-state index contributed by atoms with van der Waals surface area (Å²) < 4.78 is 40.5. The molecular weight excluding hydrogens is 541 g/mol. The molecule has 0 radical (unpaired) electrons. The largest absolute Gasteiger partial charge is 0.352 e. The Hall–Kier alpha value is -3.72. The van der Waals surface area contributed by atoms with E-state index in [1.807, 2.05) is 75.4 Å². The van der Waals surface area contributed by atoms with Crippen molar-refractivity contribution in [3.05, 3.63) is 101 Å². The van der Waals surface area contributed by atoms with E-state index < -0.39 is 21.9 Å². The second kappa shape index (κ2) is 14.8. The zero-order valence-electron chi connectivity index (χ0n) is 24.2. The maximum atomic E-state index is 14.5. The summed E-state index contributed by atoms with van der Waals surface area (Å²) in [5, 5.41) is 3.04. The second-order valence-electron chi connectivity index (χ2n) is 10.4. The lowest BCUT2D eigenvalue weighted by Crippen LogP contribution is -2.52. The smallest absolute Gasteiger partial charge is 0.243 e. The summed E-state index contributed by atoms with van der Waals surface area (Å²) in [6.45, 7) is 6.02. The van der Waals surface area contributed by atoms with Crippen molar-refractivity contribution in [3.8, 4) is 0 Å². The first-order valence-electron chi connectivity index (χ1n) is 13.9. The van der Waals surface area contributed by atoms with E-state index in [1.54, 1.807) is 11.0 Å². The van der Waals surface area contributed by atoms with Gasteiger partial charge in [-0.3, -0.25) is 13.9 Å². The SMILES string of the molecule is CC[C@@H](C)NC(=O)[C@@H](Cc1ccccc1)N(Cc1ccc(C)cc1)C(=O)CCCN(c1ccccc1F)S(C)(=O)=O. The van der Waals surface area contributed by atoms with E-state index in [9.17, 15) is 22.4 Å². The minimum Gasteiger partial charge on any atom is -0.352 e. The van der Waals surface area contributed by atoms with Crippen molar-refractivity contribution in [1.82, 2.24) is 10.2 Å². The third kappa shape index (κ3) is 9.42. The number of aryl methyl sites for hydroxylation is 1. The number of para-hydroxylation sites is 1. The Kier molecular flexibility index (Phi) is 11.5. The van der Waals surface area contributed by atoms with Crippen LogP contribution in [-0.2, 0) is 32.6 Å². The molecule has 0 saturated heterocycles. The molecule has 9 heteroatoms. The number of nitrogens with zero attached hydrogens (tertiary/aromatic N) is 2. The van der Waals surface area contributed by atoms with E-state index in [0.29, 0.717) is 6.42 Å². The molecule has 220 valence electrons. The van der Waals surface area contributed by atoms with Crippen molar-refractivity contribution in [2.75, 3.05) is 17.1 Å². The Labute approximate surface area is 243 Å². The van der Waals surface area contributed by atoms with Gasteiger partial charge in [0.25, 0.3) is 0 Å². The van der Waals surface area contributed by atoms with Crippen LogP contribution in [0.3, 0.4) is 0 Å². The fourth-order valence-corrected chi connectivity index (χ4v) is 5.49. The number of benzene rings is 3. The minimum atomic E-state index is -3.79. The Morgan fingerprint density at radius 1 is 0.927 bits per heavy atom. The Morgan fingerprint density at radius 2 is 1.56 bits per heavy atom. The van der Waals surface area contributed by atoms with Crippen molar-refractivity contribution >= 4 is 27.5 Å². The molecular formula is C32H40FN3O4S. The molecule has 0 bridgehead atoms. The molecule has 2 atom stereocenters. The number of carbonyl (C=O) groups is 2. The van der Waals surface area contributed by atoms with Gasteiger partial charge >= 0.3 is 0 Å². The van der Waals surface area contributed by atoms with Crippen LogP contribution in [0.15, 0.2) is 78.9 Å². The van der Waals surface area contributed by atoms with Gasteiger partial charge in [0.1, 0.15) is 11.9 Å². The fourth-order valence-electron chi connectivity index (χ4n) is 4.52. The van der Waals surface area contributed by atoms with Crippen LogP contribution in [0, 0.1) is 12.7 Å². The summed E-state index contributed by atoms with van der Waals surface area (Å²) >= 11 is 0. The summed E-state index contributed by atoms with van der Waals surface area (Å²) in [5.74, 6) is -1.18. The quantitative estimate of drug-likeness (QED) is 0.282. The van der Waals surface area contributed by atoms with E-state index in [2.05, 4.69) is 5.32 Å². The molecule has 3 aromatic rings. The molecule has 0 spiro atoms. The Morgan fingerprint density at radius 3 is 2.17 bits per heavy atom. The van der Waals surface area contributed by atoms with Crippen LogP contribution < -0.4 is 9.62 Å². The Balaban J connectivity index is 1.89. The maximum absolute atomic E-state index is 14.5. The number of hydrogen-bond donors (Lipinski definition) is 1. The predicted octanol–water partition coefficient (Wildman–Crippen LogP) is 5.24. The number of hydrogen-bond acceptors (Lipinski definition) is 4. The normalized spacial score (nSPS) is 12.8. The molecule has 0 unspecified atom stereocenters. The first-order valence-corrected chi connectivity index (χ1v) is 15.8. The van der Waals surface area contributed by atoms with Gasteiger partial charge in [-0.25, -0.2) is 12.8 Å². The van der Waals surface area contributed by atoms with E-state index >= 15 is 0 Å². The van der Waals surface area contributed by atoms with Crippen molar-refractivity contribution in [2.45, 2.75) is 65.1 Å². The van der Waals surface area contributed by atoms with Crippen LogP contribution >= 0.6 is 0 Å². The van der Waals surface area contributed by atoms with Gasteiger partial charge in [0, 0.05) is 32.0 Å². The molecule has 3 aromatic carbocycles. The van der Waals surface area contributed by atoms with E-state index in [4.69, 9.17) is 0 Å². The van der Waals surface area contributed by atoms with Crippen LogP contribution in [0.1, 0.15) is 49.8 Å². The van der Waals surface area contributed by atoms with Crippen LogP contribution in [0.2, 0.25) is 0 Å². The second-order valence-corrected chi connectivity index (χ2v) is 12.3. The molecule has 41 heavy (non-hydrogen) atoms. The van der Waals surface area contributed by atoms with Crippen molar-refractivity contribution in [2.24, 2.45) is 0 Å². The molecule has 0 fully saturated rings. The third-order valence-corrected chi connectivity index (χ3v) is 8.20. The zero-order valence-corrected chi connectivity index (χ0v) is 25.0. The molecule has 0 aromatic heterocycles. The first kappa shape index (κ1) is 31.8. The van der Waals surface area contributed by atoms with Gasteiger partial charge in [-0.2, -0.15) is 0 Å². The van der Waals surface area contributed by atoms with Crippen LogP contribution in [0.5, 0.6) is 0 Å². The molecule has 0 aliphatic carbocycles. The minimum absolute atomic E-state index is 0.0196. The lowest BCUT2D eigenvalue weighted by Gasteiger charge is -2.32. The summed E-state index contributed by atoms with van der Waals surface area (Å²) in [6.07, 6.45) is 2.21. The molecule has 0 saturated carbocycles. The fraction of sp³-hybridized carbons (Fsp3) is 0.375. The van der Waals surface area contributed by atoms with Crippen molar-refractivity contribution in [1.29, 1.82) is 0 Å². The maximum Gasteiger partial charge on any atom is 0.243 e. The lowest BCUT2D eigenvalue weighted by molar-refractivity contribution is -0.141. The number of carbonyl (C=O) groups excluding carboxylic acids is 2. The van der Waals surface area contributed by atoms with Gasteiger partial charge in [-0.15, -0.1) is 0 Å². The number of sulfonamides is 1. The van der Waals surface area contributed by atoms with E-state index in [1.165, 1.54) is 18.2 Å². The van der Waals surface area contributed by atoms with Crippen LogP contribution in [0.4, 0.5) is 10.1 Å². The highest BCUT2D eigenvalue weighted by molar-refractivity contribution is 7.92. The number of amides is 2. The van der Waals surface area contributed by atoms with Gasteiger partial charge in [0.2, 0.25) is 21.8 Å². The molecule has 7 nitrogen and oxygen atoms in total. The topological polar surface area (TPSA) is 86.8 Å². The molecule has 0 aliphatic rings. The molecule has 0 heterocycles.